The van der Waals surface area contributed by atoms with Crippen molar-refractivity contribution in [3.05, 3.63) is 106 Å². The molecule has 0 heterocycles. The predicted molar refractivity (Wildman–Crippen MR) is 146 cm³/mol. The van der Waals surface area contributed by atoms with Crippen molar-refractivity contribution >= 4 is 21.8 Å². The van der Waals surface area contributed by atoms with Crippen LogP contribution in [0.3, 0.4) is 0 Å². The zero-order valence-electron chi connectivity index (χ0n) is 21.9. The van der Waals surface area contributed by atoms with Crippen LogP contribution in [-0.2, 0) is 27.9 Å². The molecule has 1 amide bonds. The summed E-state index contributed by atoms with van der Waals surface area (Å²) in [5.41, 5.74) is 1.40. The summed E-state index contributed by atoms with van der Waals surface area (Å²) in [5, 5.41) is 22.0. The van der Waals surface area contributed by atoms with Crippen molar-refractivity contribution in [3.63, 3.8) is 0 Å². The number of ether oxygens (including phenoxy) is 1. The number of carbonyl (C=O) groups is 1. The van der Waals surface area contributed by atoms with Crippen LogP contribution >= 0.6 is 0 Å². The minimum Gasteiger partial charge on any atom is -0.445 e. The summed E-state index contributed by atoms with van der Waals surface area (Å²) in [6.07, 6.45) is -1.88. The fourth-order valence-corrected chi connectivity index (χ4v) is 5.57. The monoisotopic (exact) mass is 555 g/mol. The van der Waals surface area contributed by atoms with E-state index in [1.54, 1.807) is 0 Å². The molecule has 11 heteroatoms. The average Bonchev–Trinajstić information content (AvgIpc) is 2.92. The van der Waals surface area contributed by atoms with E-state index in [1.165, 1.54) is 17.0 Å². The van der Waals surface area contributed by atoms with Crippen LogP contribution in [0.5, 0.6) is 0 Å². The van der Waals surface area contributed by atoms with Crippen molar-refractivity contribution in [3.8, 4) is 0 Å². The molecule has 0 saturated heterocycles. The minimum atomic E-state index is -4.08. The maximum Gasteiger partial charge on any atom is 0.410 e. The van der Waals surface area contributed by atoms with Gasteiger partial charge in [0, 0.05) is 31.8 Å². The van der Waals surface area contributed by atoms with E-state index in [2.05, 4.69) is 0 Å². The highest BCUT2D eigenvalue weighted by Crippen LogP contribution is 2.21. The Morgan fingerprint density at radius 1 is 0.897 bits per heavy atom. The normalized spacial score (nSPS) is 12.3. The Kier molecular flexibility index (Phi) is 10.6. The van der Waals surface area contributed by atoms with Gasteiger partial charge in [0.1, 0.15) is 6.61 Å². The lowest BCUT2D eigenvalue weighted by Crippen LogP contribution is -2.45. The number of aliphatic hydroxyl groups excluding tert-OH is 1. The Morgan fingerprint density at radius 2 is 1.46 bits per heavy atom. The molecule has 0 aliphatic carbocycles. The maximum absolute atomic E-state index is 13.4. The van der Waals surface area contributed by atoms with Gasteiger partial charge in [0.15, 0.2) is 0 Å². The lowest BCUT2D eigenvalue weighted by molar-refractivity contribution is -0.384. The highest BCUT2D eigenvalue weighted by atomic mass is 32.2. The van der Waals surface area contributed by atoms with Crippen LogP contribution in [0.1, 0.15) is 25.0 Å². The van der Waals surface area contributed by atoms with E-state index in [0.717, 1.165) is 27.6 Å². The third-order valence-corrected chi connectivity index (χ3v) is 7.63. The molecule has 0 aliphatic heterocycles. The van der Waals surface area contributed by atoms with Gasteiger partial charge in [-0.15, -0.1) is 0 Å². The Bertz CT molecular complexity index is 1320. The Balaban J connectivity index is 1.77. The van der Waals surface area contributed by atoms with E-state index in [0.29, 0.717) is 0 Å². The molecule has 0 aliphatic rings. The third kappa shape index (κ3) is 8.88. The topological polar surface area (TPSA) is 130 Å². The number of hydrogen-bond donors (Lipinski definition) is 1. The van der Waals surface area contributed by atoms with E-state index >= 15 is 0 Å². The molecule has 3 aromatic rings. The Hall–Kier alpha value is -3.80. The van der Waals surface area contributed by atoms with Crippen molar-refractivity contribution in [2.24, 2.45) is 5.92 Å². The van der Waals surface area contributed by atoms with Crippen LogP contribution in [0, 0.1) is 16.0 Å². The summed E-state index contributed by atoms with van der Waals surface area (Å²) >= 11 is 0. The van der Waals surface area contributed by atoms with E-state index in [1.807, 2.05) is 74.5 Å². The molecule has 0 fully saturated rings. The van der Waals surface area contributed by atoms with Gasteiger partial charge in [0.05, 0.1) is 22.5 Å². The van der Waals surface area contributed by atoms with Gasteiger partial charge in [-0.2, -0.15) is 4.31 Å². The average molecular weight is 556 g/mol. The second-order valence-corrected chi connectivity index (χ2v) is 11.5. The molecule has 3 rings (SSSR count). The fourth-order valence-electron chi connectivity index (χ4n) is 3.93. The van der Waals surface area contributed by atoms with Crippen LogP contribution in [0.2, 0.25) is 0 Å². The van der Waals surface area contributed by atoms with Crippen LogP contribution in [0.15, 0.2) is 89.8 Å². The summed E-state index contributed by atoms with van der Waals surface area (Å²) in [4.78, 5) is 24.6. The van der Waals surface area contributed by atoms with Crippen molar-refractivity contribution in [1.29, 1.82) is 0 Å². The highest BCUT2D eigenvalue weighted by molar-refractivity contribution is 7.89. The number of carbonyl (C=O) groups excluding carboxylic acids is 1. The summed E-state index contributed by atoms with van der Waals surface area (Å²) < 4.78 is 33.4. The molecule has 0 bridgehead atoms. The predicted octanol–water partition coefficient (Wildman–Crippen LogP) is 4.44. The third-order valence-electron chi connectivity index (χ3n) is 5.78. The lowest BCUT2D eigenvalue weighted by atomic mass is 10.2. The first-order valence-electron chi connectivity index (χ1n) is 12.5. The van der Waals surface area contributed by atoms with Gasteiger partial charge in [-0.05, 0) is 29.2 Å². The number of sulfonamides is 1. The van der Waals surface area contributed by atoms with E-state index in [9.17, 15) is 28.4 Å². The van der Waals surface area contributed by atoms with E-state index < -0.39 is 27.1 Å². The first-order chi connectivity index (χ1) is 18.6. The standard InChI is InChI=1S/C28H33N3O7S/c1-22(2)17-30(39(36,37)27-15-13-25(14-16-27)31(34)35)20-26(32)19-29(18-23-9-5-3-6-10-23)28(33)38-21-24-11-7-4-8-12-24/h3-16,22,26,32H,17-21H2,1-2H3/t26-/m1/s1. The van der Waals surface area contributed by atoms with Crippen LogP contribution in [0.25, 0.3) is 0 Å². The summed E-state index contributed by atoms with van der Waals surface area (Å²) in [6.45, 7) is 3.54. The molecule has 3 aromatic carbocycles. The molecule has 39 heavy (non-hydrogen) atoms. The van der Waals surface area contributed by atoms with Crippen LogP contribution in [0.4, 0.5) is 10.5 Å². The zero-order valence-corrected chi connectivity index (χ0v) is 22.7. The minimum absolute atomic E-state index is 0.0507. The number of non-ortho nitro benzene ring substituents is 1. The number of nitro benzene ring substituents is 1. The molecular formula is C28H33N3O7S. The van der Waals surface area contributed by atoms with Crippen molar-refractivity contribution < 1.29 is 28.0 Å². The number of nitro groups is 1. The van der Waals surface area contributed by atoms with Crippen LogP contribution < -0.4 is 0 Å². The van der Waals surface area contributed by atoms with Gasteiger partial charge in [0.2, 0.25) is 10.0 Å². The van der Waals surface area contributed by atoms with E-state index in [4.69, 9.17) is 4.74 Å². The van der Waals surface area contributed by atoms with Crippen molar-refractivity contribution in [2.75, 3.05) is 19.6 Å². The maximum atomic E-state index is 13.4. The molecule has 0 unspecified atom stereocenters. The van der Waals surface area contributed by atoms with Crippen LogP contribution in [-0.4, -0.2) is 59.5 Å². The molecule has 10 nitrogen and oxygen atoms in total. The SMILES string of the molecule is CC(C)CN(C[C@H](O)CN(Cc1ccccc1)C(=O)OCc1ccccc1)S(=O)(=O)c1ccc([N+](=O)[O-])cc1. The second-order valence-electron chi connectivity index (χ2n) is 9.53. The van der Waals surface area contributed by atoms with Crippen molar-refractivity contribution in [2.45, 2.75) is 38.0 Å². The molecule has 0 saturated carbocycles. The largest absolute Gasteiger partial charge is 0.445 e. The second kappa shape index (κ2) is 13.8. The molecule has 208 valence electrons. The number of benzene rings is 3. The van der Waals surface area contributed by atoms with Gasteiger partial charge >= 0.3 is 6.09 Å². The first-order valence-corrected chi connectivity index (χ1v) is 13.9. The Morgan fingerprint density at radius 3 is 2.00 bits per heavy atom. The number of rotatable bonds is 13. The molecule has 0 radical (unpaired) electrons. The van der Waals surface area contributed by atoms with Gasteiger partial charge in [-0.1, -0.05) is 74.5 Å². The quantitative estimate of drug-likeness (QED) is 0.244. The summed E-state index contributed by atoms with van der Waals surface area (Å²) in [5.74, 6) is -0.0683. The molecule has 0 spiro atoms. The molecule has 0 aromatic heterocycles. The van der Waals surface area contributed by atoms with Gasteiger partial charge < -0.3 is 14.7 Å². The zero-order chi connectivity index (χ0) is 28.4. The highest BCUT2D eigenvalue weighted by Gasteiger charge is 2.29. The van der Waals surface area contributed by atoms with Gasteiger partial charge in [-0.25, -0.2) is 13.2 Å². The number of aliphatic hydroxyl groups is 1. The molecular weight excluding hydrogens is 522 g/mol. The molecule has 1 N–H and O–H groups in total. The lowest BCUT2D eigenvalue weighted by Gasteiger charge is -2.29. The first kappa shape index (κ1) is 29.8. The molecule has 1 atom stereocenters. The smallest absolute Gasteiger partial charge is 0.410 e. The number of amides is 1. The van der Waals surface area contributed by atoms with Gasteiger partial charge in [-0.3, -0.25) is 10.1 Å². The number of hydrogen-bond acceptors (Lipinski definition) is 7. The van der Waals surface area contributed by atoms with Gasteiger partial charge in [0.25, 0.3) is 5.69 Å². The van der Waals surface area contributed by atoms with E-state index in [-0.39, 0.29) is 49.3 Å². The summed E-state index contributed by atoms with van der Waals surface area (Å²) in [6, 6.07) is 23.0. The Labute approximate surface area is 228 Å². The summed E-state index contributed by atoms with van der Waals surface area (Å²) in [7, 11) is -4.08. The fraction of sp³-hybridized carbons (Fsp3) is 0.321. The van der Waals surface area contributed by atoms with Crippen molar-refractivity contribution in [1.82, 2.24) is 9.21 Å². The number of nitrogens with zero attached hydrogens (tertiary/aromatic N) is 3.